The average molecular weight is 389 g/mol. The van der Waals surface area contributed by atoms with E-state index in [1.807, 2.05) is 38.1 Å². The number of amides is 1. The molecule has 1 saturated heterocycles. The van der Waals surface area contributed by atoms with Crippen LogP contribution >= 0.6 is 11.6 Å². The van der Waals surface area contributed by atoms with Crippen molar-refractivity contribution in [3.05, 3.63) is 47.1 Å². The van der Waals surface area contributed by atoms with Gasteiger partial charge in [-0.1, -0.05) is 17.7 Å². The molecule has 2 heterocycles. The maximum atomic E-state index is 12.8. The fourth-order valence-corrected chi connectivity index (χ4v) is 3.37. The number of hydrogen-bond donors (Lipinski definition) is 1. The number of aromatic nitrogens is 1. The lowest BCUT2D eigenvalue weighted by Crippen LogP contribution is -2.53. The molecule has 1 amide bonds. The smallest absolute Gasteiger partial charge is 0.241 e. The van der Waals surface area contributed by atoms with Crippen molar-refractivity contribution in [1.82, 2.24) is 9.88 Å². The van der Waals surface area contributed by atoms with Crippen LogP contribution in [0.3, 0.4) is 0 Å². The van der Waals surface area contributed by atoms with E-state index >= 15 is 0 Å². The van der Waals surface area contributed by atoms with Gasteiger partial charge in [0.2, 0.25) is 5.91 Å². The van der Waals surface area contributed by atoms with E-state index in [4.69, 9.17) is 16.3 Å². The van der Waals surface area contributed by atoms with Crippen LogP contribution in [0.4, 0.5) is 11.5 Å². The predicted molar refractivity (Wildman–Crippen MR) is 109 cm³/mol. The summed E-state index contributed by atoms with van der Waals surface area (Å²) in [4.78, 5) is 21.6. The maximum absolute atomic E-state index is 12.8. The fourth-order valence-electron chi connectivity index (χ4n) is 3.21. The second-order valence-electron chi connectivity index (χ2n) is 6.68. The van der Waals surface area contributed by atoms with Gasteiger partial charge in [-0.15, -0.1) is 0 Å². The minimum Gasteiger partial charge on any atom is -0.495 e. The zero-order valence-electron chi connectivity index (χ0n) is 15.9. The van der Waals surface area contributed by atoms with E-state index in [9.17, 15) is 4.79 Å². The fraction of sp³-hybridized carbons (Fsp3) is 0.400. The van der Waals surface area contributed by atoms with Crippen LogP contribution in [0.2, 0.25) is 5.02 Å². The van der Waals surface area contributed by atoms with Crippen LogP contribution in [0, 0.1) is 6.92 Å². The van der Waals surface area contributed by atoms with E-state index in [1.165, 1.54) is 0 Å². The number of anilines is 2. The van der Waals surface area contributed by atoms with Crippen LogP contribution in [0.25, 0.3) is 0 Å². The number of nitrogens with one attached hydrogen (secondary N) is 1. The number of pyridine rings is 1. The molecule has 6 nitrogen and oxygen atoms in total. The van der Waals surface area contributed by atoms with Gasteiger partial charge < -0.3 is 15.0 Å². The molecule has 3 rings (SSSR count). The molecule has 27 heavy (non-hydrogen) atoms. The molecule has 0 unspecified atom stereocenters. The quantitative estimate of drug-likeness (QED) is 0.852. The van der Waals surface area contributed by atoms with Crippen molar-refractivity contribution in [3.63, 3.8) is 0 Å². The van der Waals surface area contributed by atoms with Crippen LogP contribution < -0.4 is 15.0 Å². The van der Waals surface area contributed by atoms with Gasteiger partial charge in [-0.25, -0.2) is 4.98 Å². The first-order valence-corrected chi connectivity index (χ1v) is 9.42. The normalized spacial score (nSPS) is 16.1. The molecular formula is C20H25ClN4O2. The second-order valence-corrected chi connectivity index (χ2v) is 7.09. The molecule has 2 aromatic rings. The number of halogens is 1. The largest absolute Gasteiger partial charge is 0.495 e. The molecule has 1 aliphatic heterocycles. The summed E-state index contributed by atoms with van der Waals surface area (Å²) in [5.41, 5.74) is 1.53. The molecule has 1 aromatic heterocycles. The lowest BCUT2D eigenvalue weighted by atomic mass is 10.1. The van der Waals surface area contributed by atoms with Gasteiger partial charge in [0, 0.05) is 43.5 Å². The van der Waals surface area contributed by atoms with Crippen LogP contribution in [-0.2, 0) is 4.79 Å². The number of piperazine rings is 1. The Labute approximate surface area is 165 Å². The van der Waals surface area contributed by atoms with E-state index in [-0.39, 0.29) is 11.9 Å². The highest BCUT2D eigenvalue weighted by Gasteiger charge is 2.26. The molecule has 0 aliphatic carbocycles. The van der Waals surface area contributed by atoms with Crippen molar-refractivity contribution in [2.24, 2.45) is 0 Å². The van der Waals surface area contributed by atoms with Crippen molar-refractivity contribution < 1.29 is 9.53 Å². The molecule has 144 valence electrons. The molecule has 0 bridgehead atoms. The zero-order valence-corrected chi connectivity index (χ0v) is 16.7. The van der Waals surface area contributed by atoms with Gasteiger partial charge in [-0.05, 0) is 37.6 Å². The monoisotopic (exact) mass is 388 g/mol. The van der Waals surface area contributed by atoms with E-state index in [0.717, 1.165) is 37.6 Å². The minimum absolute atomic E-state index is 0.0543. The van der Waals surface area contributed by atoms with Crippen molar-refractivity contribution in [2.45, 2.75) is 19.9 Å². The number of hydrogen-bond acceptors (Lipinski definition) is 5. The molecule has 0 radical (unpaired) electrons. The number of rotatable bonds is 5. The third-order valence-corrected chi connectivity index (χ3v) is 5.36. The number of aryl methyl sites for hydroxylation is 1. The Balaban J connectivity index is 1.61. The highest BCUT2D eigenvalue weighted by molar-refractivity contribution is 6.31. The van der Waals surface area contributed by atoms with Crippen LogP contribution in [0.15, 0.2) is 36.5 Å². The van der Waals surface area contributed by atoms with E-state index in [0.29, 0.717) is 16.5 Å². The van der Waals surface area contributed by atoms with Crippen LogP contribution in [-0.4, -0.2) is 55.1 Å². The summed E-state index contributed by atoms with van der Waals surface area (Å²) < 4.78 is 5.34. The third kappa shape index (κ3) is 4.51. The molecule has 0 spiro atoms. The molecule has 1 aliphatic rings. The average Bonchev–Trinajstić information content (AvgIpc) is 2.70. The van der Waals surface area contributed by atoms with Gasteiger partial charge in [0.25, 0.3) is 0 Å². The van der Waals surface area contributed by atoms with E-state index < -0.39 is 0 Å². The molecule has 1 atom stereocenters. The van der Waals surface area contributed by atoms with Gasteiger partial charge in [0.1, 0.15) is 11.6 Å². The van der Waals surface area contributed by atoms with Crippen molar-refractivity contribution in [2.75, 3.05) is 43.5 Å². The zero-order chi connectivity index (χ0) is 19.4. The third-order valence-electron chi connectivity index (χ3n) is 4.95. The summed E-state index contributed by atoms with van der Waals surface area (Å²) in [5, 5.41) is 3.59. The molecule has 7 heteroatoms. The summed E-state index contributed by atoms with van der Waals surface area (Å²) in [6.07, 6.45) is 1.80. The van der Waals surface area contributed by atoms with Gasteiger partial charge >= 0.3 is 0 Å². The molecule has 1 N–H and O–H groups in total. The summed E-state index contributed by atoms with van der Waals surface area (Å²) in [7, 11) is 1.57. The Bertz CT molecular complexity index is 792. The first-order valence-electron chi connectivity index (χ1n) is 9.04. The van der Waals surface area contributed by atoms with Gasteiger partial charge in [-0.2, -0.15) is 0 Å². The number of nitrogens with zero attached hydrogens (tertiary/aromatic N) is 3. The van der Waals surface area contributed by atoms with Gasteiger partial charge in [-0.3, -0.25) is 9.69 Å². The lowest BCUT2D eigenvalue weighted by molar-refractivity contribution is -0.120. The lowest BCUT2D eigenvalue weighted by Gasteiger charge is -2.38. The topological polar surface area (TPSA) is 57.7 Å². The van der Waals surface area contributed by atoms with Crippen molar-refractivity contribution in [1.29, 1.82) is 0 Å². The highest BCUT2D eigenvalue weighted by atomic mass is 35.5. The summed E-state index contributed by atoms with van der Waals surface area (Å²) >= 11 is 6.14. The number of carbonyl (C=O) groups is 1. The Hall–Kier alpha value is -2.31. The number of ether oxygens (including phenoxy) is 1. The molecule has 1 aromatic carbocycles. The van der Waals surface area contributed by atoms with E-state index in [1.54, 1.807) is 19.4 Å². The standard InChI is InChI=1S/C20H25ClN4O2/c1-14-12-17(18(27-3)13-16(14)21)23-20(26)15(2)24-8-10-25(11-9-24)19-6-4-5-7-22-19/h4-7,12-13,15H,8-11H2,1-3H3,(H,23,26)/t15-/m0/s1. The summed E-state index contributed by atoms with van der Waals surface area (Å²) in [6, 6.07) is 9.25. The molecule has 1 fully saturated rings. The van der Waals surface area contributed by atoms with Crippen LogP contribution in [0.1, 0.15) is 12.5 Å². The van der Waals surface area contributed by atoms with Crippen molar-refractivity contribution >= 4 is 29.0 Å². The van der Waals surface area contributed by atoms with Gasteiger partial charge in [0.05, 0.1) is 18.8 Å². The molecule has 0 saturated carbocycles. The first-order chi connectivity index (χ1) is 13.0. The summed E-state index contributed by atoms with van der Waals surface area (Å²) in [5.74, 6) is 1.49. The second kappa shape index (κ2) is 8.59. The number of methoxy groups -OCH3 is 1. The summed E-state index contributed by atoms with van der Waals surface area (Å²) in [6.45, 7) is 7.14. The van der Waals surface area contributed by atoms with Crippen LogP contribution in [0.5, 0.6) is 5.75 Å². The Morgan fingerprint density at radius 2 is 2.00 bits per heavy atom. The highest BCUT2D eigenvalue weighted by Crippen LogP contribution is 2.31. The van der Waals surface area contributed by atoms with Crippen molar-refractivity contribution in [3.8, 4) is 5.75 Å². The number of benzene rings is 1. The first kappa shape index (κ1) is 19.5. The maximum Gasteiger partial charge on any atom is 0.241 e. The Kier molecular flexibility index (Phi) is 6.19. The SMILES string of the molecule is COc1cc(Cl)c(C)cc1NC(=O)[C@H](C)N1CCN(c2ccccn2)CC1. The number of carbonyl (C=O) groups excluding carboxylic acids is 1. The minimum atomic E-state index is -0.239. The predicted octanol–water partition coefficient (Wildman–Crippen LogP) is 3.20. The Morgan fingerprint density at radius 1 is 1.26 bits per heavy atom. The van der Waals surface area contributed by atoms with Gasteiger partial charge in [0.15, 0.2) is 0 Å². The molecular weight excluding hydrogens is 364 g/mol. The van der Waals surface area contributed by atoms with E-state index in [2.05, 4.69) is 20.1 Å². The Morgan fingerprint density at radius 3 is 2.63 bits per heavy atom.